The number of nitrogens with one attached hydrogen (secondary N) is 1. The number of fused-ring (bicyclic) bond motifs is 1. The summed E-state index contributed by atoms with van der Waals surface area (Å²) in [6.07, 6.45) is 7.19. The number of piperidine rings is 1. The average molecular weight is 298 g/mol. The predicted molar refractivity (Wildman–Crippen MR) is 86.5 cm³/mol. The zero-order chi connectivity index (χ0) is 15.1. The number of ether oxygens (including phenoxy) is 1. The summed E-state index contributed by atoms with van der Waals surface area (Å²) in [5.41, 5.74) is 0. The molecule has 0 aromatic carbocycles. The van der Waals surface area contributed by atoms with Crippen molar-refractivity contribution < 1.29 is 9.84 Å². The summed E-state index contributed by atoms with van der Waals surface area (Å²) in [6.45, 7) is 8.86. The van der Waals surface area contributed by atoms with Gasteiger partial charge in [0, 0.05) is 31.8 Å². The number of nitrogens with zero attached hydrogens (tertiary/aromatic N) is 1. The molecular formula is C17H34N2O2. The van der Waals surface area contributed by atoms with Crippen LogP contribution in [0.1, 0.15) is 52.4 Å². The zero-order valence-corrected chi connectivity index (χ0v) is 13.9. The third-order valence-electron chi connectivity index (χ3n) is 4.85. The van der Waals surface area contributed by atoms with Crippen molar-refractivity contribution in [3.63, 3.8) is 0 Å². The van der Waals surface area contributed by atoms with Crippen LogP contribution >= 0.6 is 0 Å². The molecule has 124 valence electrons. The quantitative estimate of drug-likeness (QED) is 0.639. The summed E-state index contributed by atoms with van der Waals surface area (Å²) in [6, 6.07) is 1.28. The summed E-state index contributed by atoms with van der Waals surface area (Å²) < 4.78 is 5.57. The SMILES string of the molecule is CC(C)CCCOCC(O)CNC1CCN2CCCCC12. The van der Waals surface area contributed by atoms with E-state index in [1.165, 1.54) is 45.2 Å². The Kier molecular flexibility index (Phi) is 7.44. The minimum atomic E-state index is -0.373. The number of aliphatic hydroxyl groups is 1. The van der Waals surface area contributed by atoms with Gasteiger partial charge in [0.25, 0.3) is 0 Å². The van der Waals surface area contributed by atoms with E-state index < -0.39 is 0 Å². The van der Waals surface area contributed by atoms with Crippen LogP contribution < -0.4 is 5.32 Å². The lowest BCUT2D eigenvalue weighted by Crippen LogP contribution is -2.47. The van der Waals surface area contributed by atoms with Gasteiger partial charge >= 0.3 is 0 Å². The molecule has 4 nitrogen and oxygen atoms in total. The molecule has 0 aromatic heterocycles. The third kappa shape index (κ3) is 5.85. The van der Waals surface area contributed by atoms with Crippen LogP contribution in [0.15, 0.2) is 0 Å². The van der Waals surface area contributed by atoms with Crippen LogP contribution in [-0.2, 0) is 4.74 Å². The molecule has 0 aliphatic carbocycles. The van der Waals surface area contributed by atoms with Gasteiger partial charge in [-0.2, -0.15) is 0 Å². The Balaban J connectivity index is 1.53. The average Bonchev–Trinajstić information content (AvgIpc) is 2.87. The maximum atomic E-state index is 10.0. The Morgan fingerprint density at radius 1 is 1.24 bits per heavy atom. The van der Waals surface area contributed by atoms with Crippen molar-refractivity contribution in [2.24, 2.45) is 5.92 Å². The highest BCUT2D eigenvalue weighted by Crippen LogP contribution is 2.26. The Labute approximate surface area is 130 Å². The fraction of sp³-hybridized carbons (Fsp3) is 1.00. The van der Waals surface area contributed by atoms with E-state index in [-0.39, 0.29) is 6.10 Å². The fourth-order valence-electron chi connectivity index (χ4n) is 3.64. The summed E-state index contributed by atoms with van der Waals surface area (Å²) in [5, 5.41) is 13.6. The minimum Gasteiger partial charge on any atom is -0.389 e. The van der Waals surface area contributed by atoms with Gasteiger partial charge in [-0.1, -0.05) is 20.3 Å². The predicted octanol–water partition coefficient (Wildman–Crippen LogP) is 2.02. The molecule has 2 rings (SSSR count). The first kappa shape index (κ1) is 17.2. The third-order valence-corrected chi connectivity index (χ3v) is 4.85. The largest absolute Gasteiger partial charge is 0.389 e. The molecule has 4 heteroatoms. The molecule has 0 aromatic rings. The molecule has 0 bridgehead atoms. The molecule has 0 radical (unpaired) electrons. The molecule has 2 N–H and O–H groups in total. The van der Waals surface area contributed by atoms with Gasteiger partial charge in [0.05, 0.1) is 12.7 Å². The molecule has 21 heavy (non-hydrogen) atoms. The van der Waals surface area contributed by atoms with Gasteiger partial charge in [-0.3, -0.25) is 4.90 Å². The van der Waals surface area contributed by atoms with Gasteiger partial charge < -0.3 is 15.2 Å². The highest BCUT2D eigenvalue weighted by atomic mass is 16.5. The van der Waals surface area contributed by atoms with E-state index >= 15 is 0 Å². The molecule has 3 unspecified atom stereocenters. The molecule has 2 aliphatic heterocycles. The second-order valence-electron chi connectivity index (χ2n) is 7.17. The molecule has 0 saturated carbocycles. The monoisotopic (exact) mass is 298 g/mol. The summed E-state index contributed by atoms with van der Waals surface area (Å²) in [4.78, 5) is 2.62. The lowest BCUT2D eigenvalue weighted by atomic mass is 9.99. The molecular weight excluding hydrogens is 264 g/mol. The topological polar surface area (TPSA) is 44.7 Å². The van der Waals surface area contributed by atoms with E-state index in [9.17, 15) is 5.11 Å². The Bertz CT molecular complexity index is 286. The maximum Gasteiger partial charge on any atom is 0.0897 e. The second kappa shape index (κ2) is 9.09. The standard InChI is InChI=1S/C17H34N2O2/c1-14(2)6-5-11-21-13-15(20)12-18-16-8-10-19-9-4-3-7-17(16)19/h14-18,20H,3-13H2,1-2H3. The van der Waals surface area contributed by atoms with Crippen LogP contribution in [0.2, 0.25) is 0 Å². The highest BCUT2D eigenvalue weighted by molar-refractivity contribution is 4.94. The van der Waals surface area contributed by atoms with Crippen molar-refractivity contribution in [2.45, 2.75) is 70.6 Å². The minimum absolute atomic E-state index is 0.373. The Morgan fingerprint density at radius 3 is 2.90 bits per heavy atom. The van der Waals surface area contributed by atoms with Crippen LogP contribution in [0.5, 0.6) is 0 Å². The van der Waals surface area contributed by atoms with Gasteiger partial charge in [-0.15, -0.1) is 0 Å². The Morgan fingerprint density at radius 2 is 2.10 bits per heavy atom. The second-order valence-corrected chi connectivity index (χ2v) is 7.17. The molecule has 0 spiro atoms. The van der Waals surface area contributed by atoms with E-state index in [4.69, 9.17) is 4.74 Å². The Hall–Kier alpha value is -0.160. The lowest BCUT2D eigenvalue weighted by molar-refractivity contribution is 0.0324. The fourth-order valence-corrected chi connectivity index (χ4v) is 3.64. The molecule has 0 amide bonds. The van der Waals surface area contributed by atoms with Crippen molar-refractivity contribution in [3.8, 4) is 0 Å². The van der Waals surface area contributed by atoms with Crippen molar-refractivity contribution in [3.05, 3.63) is 0 Å². The van der Waals surface area contributed by atoms with E-state index in [0.717, 1.165) is 18.9 Å². The van der Waals surface area contributed by atoms with Gasteiger partial charge in [0.15, 0.2) is 0 Å². The van der Waals surface area contributed by atoms with Crippen LogP contribution in [0.3, 0.4) is 0 Å². The first-order valence-electron chi connectivity index (χ1n) is 8.90. The van der Waals surface area contributed by atoms with Crippen molar-refractivity contribution >= 4 is 0 Å². The number of hydrogen-bond acceptors (Lipinski definition) is 4. The first-order valence-corrected chi connectivity index (χ1v) is 8.90. The number of hydrogen-bond donors (Lipinski definition) is 2. The van der Waals surface area contributed by atoms with E-state index in [1.807, 2.05) is 0 Å². The number of aliphatic hydroxyl groups excluding tert-OH is 1. The molecule has 3 atom stereocenters. The van der Waals surface area contributed by atoms with Crippen LogP contribution in [-0.4, -0.2) is 61.0 Å². The van der Waals surface area contributed by atoms with Gasteiger partial charge in [-0.25, -0.2) is 0 Å². The van der Waals surface area contributed by atoms with Gasteiger partial charge in [0.2, 0.25) is 0 Å². The zero-order valence-electron chi connectivity index (χ0n) is 13.9. The van der Waals surface area contributed by atoms with Crippen LogP contribution in [0.25, 0.3) is 0 Å². The van der Waals surface area contributed by atoms with Crippen LogP contribution in [0.4, 0.5) is 0 Å². The van der Waals surface area contributed by atoms with Crippen molar-refractivity contribution in [1.82, 2.24) is 10.2 Å². The van der Waals surface area contributed by atoms with E-state index in [2.05, 4.69) is 24.1 Å². The summed E-state index contributed by atoms with van der Waals surface area (Å²) >= 11 is 0. The van der Waals surface area contributed by atoms with Gasteiger partial charge in [0.1, 0.15) is 0 Å². The normalized spacial score (nSPS) is 28.0. The molecule has 2 heterocycles. The summed E-state index contributed by atoms with van der Waals surface area (Å²) in [7, 11) is 0. The number of rotatable bonds is 9. The van der Waals surface area contributed by atoms with Crippen molar-refractivity contribution in [1.29, 1.82) is 0 Å². The van der Waals surface area contributed by atoms with Crippen molar-refractivity contribution in [2.75, 3.05) is 32.8 Å². The van der Waals surface area contributed by atoms with Crippen LogP contribution in [0, 0.1) is 5.92 Å². The summed E-state index contributed by atoms with van der Waals surface area (Å²) in [5.74, 6) is 0.737. The van der Waals surface area contributed by atoms with Gasteiger partial charge in [-0.05, 0) is 44.6 Å². The lowest BCUT2D eigenvalue weighted by Gasteiger charge is -2.33. The smallest absolute Gasteiger partial charge is 0.0897 e. The first-order chi connectivity index (χ1) is 10.2. The molecule has 2 saturated heterocycles. The van der Waals surface area contributed by atoms with E-state index in [0.29, 0.717) is 25.2 Å². The van der Waals surface area contributed by atoms with E-state index in [1.54, 1.807) is 0 Å². The highest BCUT2D eigenvalue weighted by Gasteiger charge is 2.35. The maximum absolute atomic E-state index is 10.0. The molecule has 2 fully saturated rings. The molecule has 2 aliphatic rings.